The maximum Gasteiger partial charge on any atom is 0.191 e. The third-order valence-electron chi connectivity index (χ3n) is 3.39. The van der Waals surface area contributed by atoms with Crippen molar-refractivity contribution in [1.82, 2.24) is 15.6 Å². The van der Waals surface area contributed by atoms with Crippen molar-refractivity contribution in [2.45, 2.75) is 40.2 Å². The Kier molecular flexibility index (Phi) is 7.55. The Morgan fingerprint density at radius 3 is 2.83 bits per heavy atom. The number of nitrogens with zero attached hydrogens (tertiary/aromatic N) is 2. The molecule has 0 aliphatic heterocycles. The van der Waals surface area contributed by atoms with Crippen LogP contribution in [0.5, 0.6) is 0 Å². The molecule has 0 spiro atoms. The Labute approximate surface area is 147 Å². The van der Waals surface area contributed by atoms with E-state index in [-0.39, 0.29) is 0 Å². The highest BCUT2D eigenvalue weighted by molar-refractivity contribution is 7.10. The van der Waals surface area contributed by atoms with Gasteiger partial charge in [0.25, 0.3) is 0 Å². The van der Waals surface area contributed by atoms with Gasteiger partial charge in [-0.05, 0) is 37.1 Å². The highest BCUT2D eigenvalue weighted by Gasteiger charge is 2.06. The number of aromatic nitrogens is 1. The quantitative estimate of drug-likeness (QED) is 0.564. The number of thiophene rings is 1. The van der Waals surface area contributed by atoms with Gasteiger partial charge in [-0.3, -0.25) is 0 Å². The van der Waals surface area contributed by atoms with Crippen molar-refractivity contribution in [2.75, 3.05) is 13.1 Å². The molecule has 0 fully saturated rings. The van der Waals surface area contributed by atoms with Gasteiger partial charge in [-0.1, -0.05) is 19.9 Å². The van der Waals surface area contributed by atoms with Gasteiger partial charge in [0, 0.05) is 23.3 Å². The fraction of sp³-hybridized carbons (Fsp3) is 0.529. The molecule has 2 heterocycles. The average Bonchev–Trinajstić information content (AvgIpc) is 3.21. The number of aliphatic imine (C=N–C) groups is 1. The molecule has 0 amide bonds. The second kappa shape index (κ2) is 9.67. The molecule has 4 nitrogen and oxygen atoms in total. The van der Waals surface area contributed by atoms with E-state index in [9.17, 15) is 0 Å². The molecule has 0 bridgehead atoms. The third-order valence-corrected chi connectivity index (χ3v) is 5.33. The minimum absolute atomic E-state index is 0.573. The molecule has 2 aromatic rings. The molecule has 2 aromatic heterocycles. The Hall–Kier alpha value is -1.40. The summed E-state index contributed by atoms with van der Waals surface area (Å²) >= 11 is 3.54. The van der Waals surface area contributed by atoms with Crippen LogP contribution in [0.4, 0.5) is 0 Å². The number of rotatable bonds is 8. The predicted octanol–water partition coefficient (Wildman–Crippen LogP) is 3.70. The van der Waals surface area contributed by atoms with Crippen LogP contribution in [-0.4, -0.2) is 24.0 Å². The number of hydrogen-bond donors (Lipinski definition) is 2. The van der Waals surface area contributed by atoms with E-state index < -0.39 is 0 Å². The average molecular weight is 351 g/mol. The summed E-state index contributed by atoms with van der Waals surface area (Å²) in [6, 6.07) is 4.32. The monoisotopic (exact) mass is 350 g/mol. The van der Waals surface area contributed by atoms with Gasteiger partial charge >= 0.3 is 0 Å². The molecule has 2 rings (SSSR count). The Morgan fingerprint density at radius 1 is 1.30 bits per heavy atom. The third kappa shape index (κ3) is 6.31. The normalized spacial score (nSPS) is 13.1. The van der Waals surface area contributed by atoms with E-state index in [1.165, 1.54) is 9.88 Å². The number of aryl methyl sites for hydroxylation is 1. The van der Waals surface area contributed by atoms with Crippen LogP contribution in [0.25, 0.3) is 0 Å². The summed E-state index contributed by atoms with van der Waals surface area (Å²) in [7, 11) is 0. The lowest BCUT2D eigenvalue weighted by molar-refractivity contribution is 0.562. The summed E-state index contributed by atoms with van der Waals surface area (Å²) in [5.41, 5.74) is 1.05. The molecule has 0 saturated heterocycles. The Balaban J connectivity index is 1.83. The first kappa shape index (κ1) is 17.9. The zero-order chi connectivity index (χ0) is 16.5. The highest BCUT2D eigenvalue weighted by atomic mass is 32.1. The van der Waals surface area contributed by atoms with E-state index in [1.807, 2.05) is 11.3 Å². The summed E-state index contributed by atoms with van der Waals surface area (Å²) in [5, 5.41) is 12.2. The predicted molar refractivity (Wildman–Crippen MR) is 101 cm³/mol. The van der Waals surface area contributed by atoms with Gasteiger partial charge < -0.3 is 10.6 Å². The molecular formula is C17H26N4S2. The van der Waals surface area contributed by atoms with E-state index >= 15 is 0 Å². The molecule has 23 heavy (non-hydrogen) atoms. The molecule has 6 heteroatoms. The molecule has 0 radical (unpaired) electrons. The second-order valence-corrected chi connectivity index (χ2v) is 7.53. The molecule has 0 aliphatic carbocycles. The summed E-state index contributed by atoms with van der Waals surface area (Å²) in [5.74, 6) is 1.44. The van der Waals surface area contributed by atoms with Gasteiger partial charge in [0.15, 0.2) is 5.96 Å². The number of nitrogens with one attached hydrogen (secondary N) is 2. The van der Waals surface area contributed by atoms with Crippen LogP contribution < -0.4 is 10.6 Å². The summed E-state index contributed by atoms with van der Waals surface area (Å²) in [6.45, 7) is 8.90. The lowest BCUT2D eigenvalue weighted by Gasteiger charge is -2.15. The van der Waals surface area contributed by atoms with Gasteiger partial charge in [-0.2, -0.15) is 0 Å². The Morgan fingerprint density at radius 2 is 2.17 bits per heavy atom. The van der Waals surface area contributed by atoms with Crippen molar-refractivity contribution in [3.63, 3.8) is 0 Å². The van der Waals surface area contributed by atoms with Crippen LogP contribution in [0, 0.1) is 5.92 Å². The number of hydrogen-bond acceptors (Lipinski definition) is 4. The second-order valence-electron chi connectivity index (χ2n) is 5.55. The lowest BCUT2D eigenvalue weighted by Crippen LogP contribution is -2.39. The first-order valence-corrected chi connectivity index (χ1v) is 9.95. The Bertz CT molecular complexity index is 590. The van der Waals surface area contributed by atoms with Crippen molar-refractivity contribution in [3.05, 3.63) is 38.5 Å². The van der Waals surface area contributed by atoms with Crippen LogP contribution in [-0.2, 0) is 19.4 Å². The van der Waals surface area contributed by atoms with Crippen molar-refractivity contribution in [2.24, 2.45) is 10.9 Å². The summed E-state index contributed by atoms with van der Waals surface area (Å²) in [6.07, 6.45) is 2.10. The van der Waals surface area contributed by atoms with E-state index in [4.69, 9.17) is 0 Å². The van der Waals surface area contributed by atoms with Crippen molar-refractivity contribution >= 4 is 28.6 Å². The van der Waals surface area contributed by atoms with Gasteiger partial charge in [0.05, 0.1) is 17.2 Å². The van der Waals surface area contributed by atoms with Gasteiger partial charge in [-0.25, -0.2) is 9.98 Å². The number of thiazole rings is 1. The first-order valence-electron chi connectivity index (χ1n) is 8.19. The SMILES string of the molecule is CCNC(=NCc1csc(CC)n1)NCC(C)Cc1cccs1. The fourth-order valence-corrected chi connectivity index (χ4v) is 3.81. The summed E-state index contributed by atoms with van der Waals surface area (Å²) < 4.78 is 0. The lowest BCUT2D eigenvalue weighted by atomic mass is 10.1. The minimum Gasteiger partial charge on any atom is -0.357 e. The molecule has 0 aromatic carbocycles. The van der Waals surface area contributed by atoms with Crippen molar-refractivity contribution < 1.29 is 0 Å². The van der Waals surface area contributed by atoms with Crippen LogP contribution >= 0.6 is 22.7 Å². The molecule has 0 saturated carbocycles. The van der Waals surface area contributed by atoms with Crippen LogP contribution in [0.3, 0.4) is 0 Å². The van der Waals surface area contributed by atoms with Crippen molar-refractivity contribution in [1.29, 1.82) is 0 Å². The fourth-order valence-electron chi connectivity index (χ4n) is 2.20. The molecule has 126 valence electrons. The maximum absolute atomic E-state index is 4.64. The molecule has 1 atom stereocenters. The molecule has 0 aliphatic rings. The standard InChI is InChI=1S/C17H26N4S2/c1-4-16-21-14(12-23-16)11-20-17(18-5-2)19-10-13(3)9-15-7-6-8-22-15/h6-8,12-13H,4-5,9-11H2,1-3H3,(H2,18,19,20). The number of guanidine groups is 1. The molecule has 1 unspecified atom stereocenters. The van der Waals surface area contributed by atoms with E-state index in [0.717, 1.165) is 37.6 Å². The van der Waals surface area contributed by atoms with Gasteiger partial charge in [0.1, 0.15) is 0 Å². The van der Waals surface area contributed by atoms with Crippen LogP contribution in [0.1, 0.15) is 36.3 Å². The van der Waals surface area contributed by atoms with Gasteiger partial charge in [-0.15, -0.1) is 22.7 Å². The first-order chi connectivity index (χ1) is 11.2. The maximum atomic E-state index is 4.64. The zero-order valence-electron chi connectivity index (χ0n) is 14.1. The smallest absolute Gasteiger partial charge is 0.191 e. The van der Waals surface area contributed by atoms with E-state index in [0.29, 0.717) is 12.5 Å². The largest absolute Gasteiger partial charge is 0.357 e. The zero-order valence-corrected chi connectivity index (χ0v) is 15.8. The van der Waals surface area contributed by atoms with E-state index in [2.05, 4.69) is 64.3 Å². The van der Waals surface area contributed by atoms with Crippen LogP contribution in [0.2, 0.25) is 0 Å². The van der Waals surface area contributed by atoms with Crippen molar-refractivity contribution in [3.8, 4) is 0 Å². The van der Waals surface area contributed by atoms with Gasteiger partial charge in [0.2, 0.25) is 0 Å². The molecular weight excluding hydrogens is 324 g/mol. The summed E-state index contributed by atoms with van der Waals surface area (Å²) in [4.78, 5) is 10.6. The topological polar surface area (TPSA) is 49.3 Å². The van der Waals surface area contributed by atoms with Crippen LogP contribution in [0.15, 0.2) is 27.9 Å². The minimum atomic E-state index is 0.573. The molecule has 2 N–H and O–H groups in total. The van der Waals surface area contributed by atoms with E-state index in [1.54, 1.807) is 11.3 Å². The highest BCUT2D eigenvalue weighted by Crippen LogP contribution is 2.14.